The molecular weight excluding hydrogens is 380 g/mol. The third-order valence-electron chi connectivity index (χ3n) is 5.69. The number of benzene rings is 1. The number of halogens is 1. The molecule has 0 aliphatic carbocycles. The summed E-state index contributed by atoms with van der Waals surface area (Å²) in [5, 5.41) is -0.215. The average Bonchev–Trinajstić information content (AvgIpc) is 2.37. The highest BCUT2D eigenvalue weighted by atomic mass is 35.5. The summed E-state index contributed by atoms with van der Waals surface area (Å²) in [5.74, 6) is 1.50. The number of carbonyl (C=O) groups excluding carboxylic acids is 1. The second-order valence-corrected chi connectivity index (χ2v) is 19.9. The van der Waals surface area contributed by atoms with Gasteiger partial charge in [0, 0.05) is 6.42 Å². The Kier molecular flexibility index (Phi) is 6.87. The van der Waals surface area contributed by atoms with Gasteiger partial charge in [-0.2, -0.15) is 0 Å². The molecule has 0 fully saturated rings. The minimum atomic E-state index is -2.04. The van der Waals surface area contributed by atoms with Gasteiger partial charge in [0.15, 0.2) is 0 Å². The molecule has 0 spiro atoms. The van der Waals surface area contributed by atoms with Crippen LogP contribution in [0.15, 0.2) is 18.2 Å². The normalized spacial score (nSPS) is 13.5. The van der Waals surface area contributed by atoms with Crippen LogP contribution in [0, 0.1) is 0 Å². The fourth-order valence-electron chi connectivity index (χ4n) is 1.84. The van der Waals surface area contributed by atoms with Gasteiger partial charge in [-0.3, -0.25) is 4.79 Å². The van der Waals surface area contributed by atoms with E-state index in [1.165, 1.54) is 0 Å². The second kappa shape index (κ2) is 7.68. The third-order valence-corrected chi connectivity index (χ3v) is 14.5. The molecular formula is C20H35ClO3Si2. The van der Waals surface area contributed by atoms with Crippen molar-refractivity contribution in [3.63, 3.8) is 0 Å². The lowest BCUT2D eigenvalue weighted by atomic mass is 10.1. The maximum absolute atomic E-state index is 11.3. The van der Waals surface area contributed by atoms with E-state index >= 15 is 0 Å². The molecule has 0 aromatic heterocycles. The van der Waals surface area contributed by atoms with E-state index in [9.17, 15) is 4.79 Å². The molecule has 0 bridgehead atoms. The van der Waals surface area contributed by atoms with Crippen molar-refractivity contribution < 1.29 is 13.6 Å². The minimum absolute atomic E-state index is 0.0690. The monoisotopic (exact) mass is 414 g/mol. The van der Waals surface area contributed by atoms with Crippen LogP contribution in [0.2, 0.25) is 36.3 Å². The van der Waals surface area contributed by atoms with Crippen LogP contribution in [0.25, 0.3) is 0 Å². The van der Waals surface area contributed by atoms with Crippen molar-refractivity contribution in [1.82, 2.24) is 0 Å². The summed E-state index contributed by atoms with van der Waals surface area (Å²) in [6, 6.07) is 5.75. The Morgan fingerprint density at radius 3 is 1.69 bits per heavy atom. The largest absolute Gasteiger partial charge is 0.541 e. The van der Waals surface area contributed by atoms with Crippen LogP contribution in [0.1, 0.15) is 47.1 Å². The first-order chi connectivity index (χ1) is 11.5. The average molecular weight is 415 g/mol. The van der Waals surface area contributed by atoms with Crippen molar-refractivity contribution in [1.29, 1.82) is 0 Å². The molecule has 0 heterocycles. The van der Waals surface area contributed by atoms with Gasteiger partial charge in [0.25, 0.3) is 16.6 Å². The van der Waals surface area contributed by atoms with Gasteiger partial charge in [0.05, 0.1) is 0 Å². The Bertz CT molecular complexity index is 656. The zero-order chi connectivity index (χ0) is 20.6. The van der Waals surface area contributed by atoms with Crippen molar-refractivity contribution in [3.8, 4) is 11.5 Å². The lowest BCUT2D eigenvalue weighted by Gasteiger charge is -2.39. The SMILES string of the molecule is CC(C)(C)[Si](C)(C)Oc1ccc(CC(=O)Cl)cc1O[Si](C)(C)C(C)(C)C. The van der Waals surface area contributed by atoms with Gasteiger partial charge in [0.2, 0.25) is 5.24 Å². The summed E-state index contributed by atoms with van der Waals surface area (Å²) in [7, 11) is -4.05. The first kappa shape index (κ1) is 23.3. The molecule has 148 valence electrons. The lowest BCUT2D eigenvalue weighted by Crippen LogP contribution is -2.45. The van der Waals surface area contributed by atoms with Crippen molar-refractivity contribution in [2.24, 2.45) is 0 Å². The fourth-order valence-corrected chi connectivity index (χ4v) is 4.04. The second-order valence-electron chi connectivity index (χ2n) is 10.0. The van der Waals surface area contributed by atoms with Crippen LogP contribution >= 0.6 is 11.6 Å². The van der Waals surface area contributed by atoms with E-state index in [4.69, 9.17) is 20.5 Å². The Balaban J connectivity index is 3.35. The highest BCUT2D eigenvalue weighted by Crippen LogP contribution is 2.43. The summed E-state index contributed by atoms with van der Waals surface area (Å²) in [5.41, 5.74) is 0.848. The summed E-state index contributed by atoms with van der Waals surface area (Å²) in [4.78, 5) is 11.3. The fraction of sp³-hybridized carbons (Fsp3) is 0.650. The molecule has 0 aliphatic rings. The van der Waals surface area contributed by atoms with Crippen LogP contribution < -0.4 is 8.85 Å². The molecule has 0 N–H and O–H groups in total. The van der Waals surface area contributed by atoms with Gasteiger partial charge in [0.1, 0.15) is 11.5 Å². The van der Waals surface area contributed by atoms with Crippen LogP contribution in [0.4, 0.5) is 0 Å². The van der Waals surface area contributed by atoms with Gasteiger partial charge in [-0.25, -0.2) is 0 Å². The van der Waals surface area contributed by atoms with Crippen LogP contribution in [-0.4, -0.2) is 21.9 Å². The maximum Gasteiger partial charge on any atom is 0.250 e. The van der Waals surface area contributed by atoms with Crippen molar-refractivity contribution in [2.75, 3.05) is 0 Å². The molecule has 0 atom stereocenters. The van der Waals surface area contributed by atoms with E-state index in [0.717, 1.165) is 17.1 Å². The van der Waals surface area contributed by atoms with E-state index in [-0.39, 0.29) is 21.7 Å². The summed E-state index contributed by atoms with van der Waals surface area (Å²) >= 11 is 5.58. The number of hydrogen-bond acceptors (Lipinski definition) is 3. The van der Waals surface area contributed by atoms with Crippen LogP contribution in [0.3, 0.4) is 0 Å². The molecule has 0 aliphatic heterocycles. The van der Waals surface area contributed by atoms with E-state index < -0.39 is 16.6 Å². The summed E-state index contributed by atoms with van der Waals surface area (Å²) < 4.78 is 13.1. The third kappa shape index (κ3) is 5.86. The van der Waals surface area contributed by atoms with Gasteiger partial charge >= 0.3 is 0 Å². The van der Waals surface area contributed by atoms with E-state index in [1.807, 2.05) is 18.2 Å². The van der Waals surface area contributed by atoms with Gasteiger partial charge in [-0.05, 0) is 65.6 Å². The Morgan fingerprint density at radius 1 is 0.885 bits per heavy atom. The smallest absolute Gasteiger partial charge is 0.250 e. The highest BCUT2D eigenvalue weighted by Gasteiger charge is 2.42. The van der Waals surface area contributed by atoms with Crippen molar-refractivity contribution in [3.05, 3.63) is 23.8 Å². The van der Waals surface area contributed by atoms with E-state index in [1.54, 1.807) is 0 Å². The highest BCUT2D eigenvalue weighted by molar-refractivity contribution is 6.75. The molecule has 0 radical (unpaired) electrons. The zero-order valence-corrected chi connectivity index (χ0v) is 20.8. The zero-order valence-electron chi connectivity index (χ0n) is 18.0. The Labute approximate surface area is 166 Å². The molecule has 6 heteroatoms. The van der Waals surface area contributed by atoms with Gasteiger partial charge in [-0.15, -0.1) is 0 Å². The summed E-state index contributed by atoms with van der Waals surface area (Å²) in [6.07, 6.45) is 0.190. The minimum Gasteiger partial charge on any atom is -0.541 e. The molecule has 0 unspecified atom stereocenters. The van der Waals surface area contributed by atoms with E-state index in [0.29, 0.717) is 0 Å². The van der Waals surface area contributed by atoms with Crippen molar-refractivity contribution >= 4 is 33.5 Å². The van der Waals surface area contributed by atoms with Crippen molar-refractivity contribution in [2.45, 2.75) is 84.2 Å². The lowest BCUT2D eigenvalue weighted by molar-refractivity contribution is -0.111. The molecule has 0 amide bonds. The molecule has 3 nitrogen and oxygen atoms in total. The quantitative estimate of drug-likeness (QED) is 0.380. The summed E-state index contributed by atoms with van der Waals surface area (Å²) in [6.45, 7) is 22.1. The van der Waals surface area contributed by atoms with Crippen LogP contribution in [0.5, 0.6) is 11.5 Å². The molecule has 1 aromatic carbocycles. The van der Waals surface area contributed by atoms with Gasteiger partial charge in [-0.1, -0.05) is 47.6 Å². The first-order valence-electron chi connectivity index (χ1n) is 9.15. The van der Waals surface area contributed by atoms with Gasteiger partial charge < -0.3 is 8.85 Å². The number of hydrogen-bond donors (Lipinski definition) is 0. The predicted molar refractivity (Wildman–Crippen MR) is 117 cm³/mol. The molecule has 1 rings (SSSR count). The molecule has 0 saturated carbocycles. The Morgan fingerprint density at radius 2 is 1.31 bits per heavy atom. The standard InChI is InChI=1S/C20H35ClO3Si2/c1-19(2,3)25(7,8)23-16-12-11-15(14-18(21)22)13-17(16)24-26(9,10)20(4,5)6/h11-13H,14H2,1-10H3. The predicted octanol–water partition coefficient (Wildman–Crippen LogP) is 6.76. The van der Waals surface area contributed by atoms with E-state index in [2.05, 4.69) is 67.7 Å². The number of rotatable bonds is 6. The topological polar surface area (TPSA) is 35.5 Å². The van der Waals surface area contributed by atoms with Crippen LogP contribution in [-0.2, 0) is 11.2 Å². The first-order valence-corrected chi connectivity index (χ1v) is 15.3. The maximum atomic E-state index is 11.3. The number of carbonyl (C=O) groups is 1. The molecule has 1 aromatic rings. The Hall–Kier alpha value is -0.786. The molecule has 0 saturated heterocycles. The molecule has 26 heavy (non-hydrogen) atoms.